The highest BCUT2D eigenvalue weighted by Gasteiger charge is 2.26. The Bertz CT molecular complexity index is 768. The highest BCUT2D eigenvalue weighted by Crippen LogP contribution is 2.16. The molecule has 25 heavy (non-hydrogen) atoms. The van der Waals surface area contributed by atoms with Gasteiger partial charge in [0, 0.05) is 24.3 Å². The fourth-order valence-electron chi connectivity index (χ4n) is 2.83. The van der Waals surface area contributed by atoms with Crippen LogP contribution in [0.4, 0.5) is 0 Å². The highest BCUT2D eigenvalue weighted by molar-refractivity contribution is 6.31. The summed E-state index contributed by atoms with van der Waals surface area (Å²) in [4.78, 5) is 26.2. The van der Waals surface area contributed by atoms with Crippen molar-refractivity contribution in [3.63, 3.8) is 0 Å². The number of carbonyl (C=O) groups is 2. The van der Waals surface area contributed by atoms with Gasteiger partial charge in [-0.15, -0.1) is 0 Å². The molecule has 1 fully saturated rings. The summed E-state index contributed by atoms with van der Waals surface area (Å²) in [7, 11) is 0. The predicted molar refractivity (Wildman–Crippen MR) is 93.5 cm³/mol. The minimum Gasteiger partial charge on any atom is -0.449 e. The van der Waals surface area contributed by atoms with Crippen molar-refractivity contribution in [2.24, 2.45) is 0 Å². The number of esters is 1. The fourth-order valence-corrected chi connectivity index (χ4v) is 3.03. The van der Waals surface area contributed by atoms with E-state index in [1.807, 2.05) is 18.2 Å². The number of halogens is 1. The number of likely N-dealkylation sites (tertiary alicyclic amines) is 1. The number of aromatic nitrogens is 2. The van der Waals surface area contributed by atoms with Crippen LogP contribution >= 0.6 is 11.6 Å². The van der Waals surface area contributed by atoms with Crippen molar-refractivity contribution in [3.05, 3.63) is 52.8 Å². The Hall–Kier alpha value is -2.34. The van der Waals surface area contributed by atoms with E-state index in [1.165, 1.54) is 6.20 Å². The summed E-state index contributed by atoms with van der Waals surface area (Å²) in [5.74, 6) is -0.695. The zero-order valence-corrected chi connectivity index (χ0v) is 14.8. The van der Waals surface area contributed by atoms with E-state index in [9.17, 15) is 9.59 Å². The molecule has 1 aliphatic rings. The summed E-state index contributed by atoms with van der Waals surface area (Å²) in [6.45, 7) is 3.52. The molecule has 0 saturated carbocycles. The molecule has 0 N–H and O–H groups in total. The van der Waals surface area contributed by atoms with Gasteiger partial charge in [-0.25, -0.2) is 4.79 Å². The quantitative estimate of drug-likeness (QED) is 0.768. The number of nitrogens with zero attached hydrogens (tertiary/aromatic N) is 3. The molecule has 1 aromatic carbocycles. The Labute approximate surface area is 151 Å². The van der Waals surface area contributed by atoms with E-state index >= 15 is 0 Å². The summed E-state index contributed by atoms with van der Waals surface area (Å²) in [6, 6.07) is 7.46. The number of hydrogen-bond donors (Lipinski definition) is 0. The molecular weight excluding hydrogens is 342 g/mol. The Morgan fingerprint density at radius 3 is 2.72 bits per heavy atom. The van der Waals surface area contributed by atoms with E-state index < -0.39 is 12.1 Å². The van der Waals surface area contributed by atoms with E-state index in [-0.39, 0.29) is 5.91 Å². The summed E-state index contributed by atoms with van der Waals surface area (Å²) in [5, 5.41) is 4.81. The lowest BCUT2D eigenvalue weighted by Crippen LogP contribution is -2.38. The molecule has 2 aromatic rings. The second-order valence-corrected chi connectivity index (χ2v) is 6.51. The number of rotatable bonds is 5. The average molecular weight is 362 g/mol. The average Bonchev–Trinajstić information content (AvgIpc) is 3.28. The lowest BCUT2D eigenvalue weighted by Gasteiger charge is -2.20. The smallest absolute Gasteiger partial charge is 0.342 e. The first-order valence-corrected chi connectivity index (χ1v) is 8.68. The first-order valence-electron chi connectivity index (χ1n) is 8.30. The van der Waals surface area contributed by atoms with Crippen LogP contribution in [0.3, 0.4) is 0 Å². The maximum absolute atomic E-state index is 12.2. The molecule has 0 radical (unpaired) electrons. The van der Waals surface area contributed by atoms with Crippen LogP contribution in [-0.4, -0.2) is 45.8 Å². The zero-order chi connectivity index (χ0) is 17.8. The predicted octanol–water partition coefficient (Wildman–Crippen LogP) is 2.75. The Balaban J connectivity index is 1.60. The molecule has 0 spiro atoms. The molecule has 0 bridgehead atoms. The molecule has 1 aromatic heterocycles. The van der Waals surface area contributed by atoms with Gasteiger partial charge < -0.3 is 9.64 Å². The van der Waals surface area contributed by atoms with Crippen LogP contribution in [0.5, 0.6) is 0 Å². The molecule has 1 amide bonds. The van der Waals surface area contributed by atoms with E-state index in [0.29, 0.717) is 17.1 Å². The van der Waals surface area contributed by atoms with Gasteiger partial charge in [0.05, 0.1) is 18.3 Å². The summed E-state index contributed by atoms with van der Waals surface area (Å²) >= 11 is 6.13. The SMILES string of the molecule is C[C@H](OC(=O)c1cnn(Cc2ccccc2Cl)c1)C(=O)N1CCCC1. The Morgan fingerprint density at radius 1 is 1.28 bits per heavy atom. The third kappa shape index (κ3) is 4.20. The number of benzene rings is 1. The minimum absolute atomic E-state index is 0.144. The van der Waals surface area contributed by atoms with Crippen LogP contribution in [0.15, 0.2) is 36.7 Å². The number of carbonyl (C=O) groups excluding carboxylic acids is 2. The van der Waals surface area contributed by atoms with Crippen LogP contribution in [0, 0.1) is 0 Å². The van der Waals surface area contributed by atoms with Crippen molar-refractivity contribution in [2.75, 3.05) is 13.1 Å². The highest BCUT2D eigenvalue weighted by atomic mass is 35.5. The van der Waals surface area contributed by atoms with E-state index in [4.69, 9.17) is 16.3 Å². The Morgan fingerprint density at radius 2 is 2.00 bits per heavy atom. The second-order valence-electron chi connectivity index (χ2n) is 6.10. The summed E-state index contributed by atoms with van der Waals surface area (Å²) in [6.07, 6.45) is 4.24. The normalized spacial score (nSPS) is 15.2. The summed E-state index contributed by atoms with van der Waals surface area (Å²) in [5.41, 5.74) is 1.22. The molecule has 1 saturated heterocycles. The van der Waals surface area contributed by atoms with Gasteiger partial charge in [0.25, 0.3) is 5.91 Å². The van der Waals surface area contributed by atoms with Gasteiger partial charge >= 0.3 is 5.97 Å². The maximum Gasteiger partial charge on any atom is 0.342 e. The van der Waals surface area contributed by atoms with Gasteiger partial charge in [0.2, 0.25) is 0 Å². The molecule has 0 unspecified atom stereocenters. The lowest BCUT2D eigenvalue weighted by molar-refractivity contribution is -0.138. The number of amides is 1. The van der Waals surface area contributed by atoms with Gasteiger partial charge in [-0.3, -0.25) is 9.48 Å². The molecular formula is C18H20ClN3O3. The van der Waals surface area contributed by atoms with Crippen LogP contribution in [-0.2, 0) is 16.1 Å². The first-order chi connectivity index (χ1) is 12.0. The van der Waals surface area contributed by atoms with Gasteiger partial charge in [0.15, 0.2) is 6.10 Å². The number of hydrogen-bond acceptors (Lipinski definition) is 4. The van der Waals surface area contributed by atoms with E-state index in [1.54, 1.807) is 28.8 Å². The second kappa shape index (κ2) is 7.70. The topological polar surface area (TPSA) is 64.4 Å². The van der Waals surface area contributed by atoms with Crippen molar-refractivity contribution in [2.45, 2.75) is 32.4 Å². The maximum atomic E-state index is 12.2. The molecule has 132 valence electrons. The first kappa shape index (κ1) is 17.5. The van der Waals surface area contributed by atoms with Gasteiger partial charge in [-0.1, -0.05) is 29.8 Å². The lowest BCUT2D eigenvalue weighted by atomic mass is 10.2. The monoisotopic (exact) mass is 361 g/mol. The van der Waals surface area contributed by atoms with Crippen molar-refractivity contribution in [1.82, 2.24) is 14.7 Å². The van der Waals surface area contributed by atoms with Crippen LogP contribution in [0.2, 0.25) is 5.02 Å². The number of ether oxygens (including phenoxy) is 1. The van der Waals surface area contributed by atoms with E-state index in [2.05, 4.69) is 5.10 Å². The van der Waals surface area contributed by atoms with Gasteiger partial charge in [-0.2, -0.15) is 5.10 Å². The molecule has 6 nitrogen and oxygen atoms in total. The van der Waals surface area contributed by atoms with Crippen molar-refractivity contribution in [1.29, 1.82) is 0 Å². The third-order valence-corrected chi connectivity index (χ3v) is 4.58. The van der Waals surface area contributed by atoms with Gasteiger partial charge in [-0.05, 0) is 31.4 Å². The molecule has 3 rings (SSSR count). The molecule has 1 atom stereocenters. The largest absolute Gasteiger partial charge is 0.449 e. The fraction of sp³-hybridized carbons (Fsp3) is 0.389. The molecule has 1 aliphatic heterocycles. The minimum atomic E-state index is -0.794. The summed E-state index contributed by atoms with van der Waals surface area (Å²) < 4.78 is 6.90. The van der Waals surface area contributed by atoms with Crippen molar-refractivity contribution in [3.8, 4) is 0 Å². The van der Waals surface area contributed by atoms with Crippen LogP contribution < -0.4 is 0 Å². The van der Waals surface area contributed by atoms with Gasteiger partial charge in [0.1, 0.15) is 0 Å². The van der Waals surface area contributed by atoms with E-state index in [0.717, 1.165) is 31.5 Å². The molecule has 7 heteroatoms. The van der Waals surface area contributed by atoms with Crippen LogP contribution in [0.1, 0.15) is 35.7 Å². The Kier molecular flexibility index (Phi) is 5.38. The molecule has 0 aliphatic carbocycles. The third-order valence-electron chi connectivity index (χ3n) is 4.21. The molecule has 2 heterocycles. The van der Waals surface area contributed by atoms with Crippen LogP contribution in [0.25, 0.3) is 0 Å². The van der Waals surface area contributed by atoms with Crippen molar-refractivity contribution < 1.29 is 14.3 Å². The zero-order valence-electron chi connectivity index (χ0n) is 14.0. The standard InChI is InChI=1S/C18H20ClN3O3/c1-13(17(23)21-8-4-5-9-21)25-18(24)15-10-20-22(12-15)11-14-6-2-3-7-16(14)19/h2-3,6-7,10,12-13H,4-5,8-9,11H2,1H3/t13-/m0/s1. The van der Waals surface area contributed by atoms with Crippen molar-refractivity contribution >= 4 is 23.5 Å².